The van der Waals surface area contributed by atoms with Crippen LogP contribution in [0.3, 0.4) is 0 Å². The Balaban J connectivity index is 1.47. The van der Waals surface area contributed by atoms with Crippen LogP contribution in [0, 0.1) is 5.92 Å². The Morgan fingerprint density at radius 1 is 0.839 bits per heavy atom. The summed E-state index contributed by atoms with van der Waals surface area (Å²) < 4.78 is 0. The molecule has 2 aliphatic rings. The van der Waals surface area contributed by atoms with Crippen LogP contribution in [0.2, 0.25) is 0 Å². The number of benzene rings is 3. The maximum atomic E-state index is 10.0. The summed E-state index contributed by atoms with van der Waals surface area (Å²) in [6, 6.07) is 26.1. The number of phenolic OH excluding ortho intramolecular Hbond substituents is 1. The number of fused-ring (bicyclic) bond motifs is 1. The van der Waals surface area contributed by atoms with Crippen LogP contribution >= 0.6 is 0 Å². The van der Waals surface area contributed by atoms with Gasteiger partial charge in [0, 0.05) is 24.7 Å². The van der Waals surface area contributed by atoms with Gasteiger partial charge in [-0.3, -0.25) is 0 Å². The minimum atomic E-state index is 0.312. The first-order valence-corrected chi connectivity index (χ1v) is 11.6. The van der Waals surface area contributed by atoms with Crippen LogP contribution in [0.1, 0.15) is 53.4 Å². The van der Waals surface area contributed by atoms with Crippen molar-refractivity contribution in [1.82, 2.24) is 0 Å². The van der Waals surface area contributed by atoms with Crippen molar-refractivity contribution in [2.24, 2.45) is 5.92 Å². The fourth-order valence-electron chi connectivity index (χ4n) is 5.56. The SMILES string of the molecule is C=CC1CCN(c2ccc([C@@H]3c4ccc(O)cc4CC[C@@H]3c3ccccc3)cc2)CC1. The van der Waals surface area contributed by atoms with Gasteiger partial charge in [0.1, 0.15) is 5.75 Å². The van der Waals surface area contributed by atoms with E-state index in [9.17, 15) is 5.11 Å². The van der Waals surface area contributed by atoms with Crippen LogP contribution in [0.5, 0.6) is 5.75 Å². The lowest BCUT2D eigenvalue weighted by atomic mass is 9.69. The highest BCUT2D eigenvalue weighted by Gasteiger charge is 2.32. The predicted octanol–water partition coefficient (Wildman–Crippen LogP) is 6.66. The summed E-state index contributed by atoms with van der Waals surface area (Å²) >= 11 is 0. The first kappa shape index (κ1) is 19.9. The van der Waals surface area contributed by atoms with Gasteiger partial charge >= 0.3 is 0 Å². The topological polar surface area (TPSA) is 23.5 Å². The fourth-order valence-corrected chi connectivity index (χ4v) is 5.56. The number of hydrogen-bond donors (Lipinski definition) is 1. The van der Waals surface area contributed by atoms with E-state index in [2.05, 4.69) is 78.2 Å². The monoisotopic (exact) mass is 409 g/mol. The molecule has 3 aromatic carbocycles. The van der Waals surface area contributed by atoms with Crippen molar-refractivity contribution in [3.05, 3.63) is 108 Å². The van der Waals surface area contributed by atoms with Crippen molar-refractivity contribution >= 4 is 5.69 Å². The lowest BCUT2D eigenvalue weighted by Crippen LogP contribution is -2.33. The van der Waals surface area contributed by atoms with Crippen molar-refractivity contribution in [1.29, 1.82) is 0 Å². The Morgan fingerprint density at radius 3 is 2.29 bits per heavy atom. The van der Waals surface area contributed by atoms with Gasteiger partial charge in [0.2, 0.25) is 0 Å². The number of hydrogen-bond acceptors (Lipinski definition) is 2. The average Bonchev–Trinajstić information content (AvgIpc) is 2.84. The average molecular weight is 410 g/mol. The summed E-state index contributed by atoms with van der Waals surface area (Å²) in [5.74, 6) is 1.80. The van der Waals surface area contributed by atoms with Crippen molar-refractivity contribution in [3.8, 4) is 5.75 Å². The first-order chi connectivity index (χ1) is 15.2. The number of allylic oxidation sites excluding steroid dienone is 1. The maximum absolute atomic E-state index is 10.0. The molecule has 1 aliphatic carbocycles. The Morgan fingerprint density at radius 2 is 1.58 bits per heavy atom. The zero-order chi connectivity index (χ0) is 21.2. The molecule has 0 amide bonds. The highest BCUT2D eigenvalue weighted by atomic mass is 16.3. The standard InChI is InChI=1S/C29H31NO/c1-2-21-16-18-30(19-17-21)25-11-8-23(9-12-25)29-27(22-6-4-3-5-7-22)14-10-24-20-26(31)13-15-28(24)29/h2-9,11-13,15,20-21,27,29,31H,1,10,14,16-19H2/t27-,29+/m1/s1. The van der Waals surface area contributed by atoms with E-state index in [1.807, 2.05) is 12.1 Å². The van der Waals surface area contributed by atoms with Crippen LogP contribution in [-0.2, 0) is 6.42 Å². The molecule has 0 spiro atoms. The number of rotatable bonds is 4. The van der Waals surface area contributed by atoms with E-state index in [1.165, 1.54) is 40.8 Å². The quantitative estimate of drug-likeness (QED) is 0.487. The van der Waals surface area contributed by atoms with E-state index in [1.54, 1.807) is 0 Å². The van der Waals surface area contributed by atoms with Crippen molar-refractivity contribution in [2.45, 2.75) is 37.5 Å². The first-order valence-electron chi connectivity index (χ1n) is 11.6. The number of nitrogens with zero attached hydrogens (tertiary/aromatic N) is 1. The summed E-state index contributed by atoms with van der Waals surface area (Å²) in [5.41, 5.74) is 6.74. The van der Waals surface area contributed by atoms with Gasteiger partial charge < -0.3 is 10.0 Å². The number of anilines is 1. The second-order valence-electron chi connectivity index (χ2n) is 9.07. The van der Waals surface area contributed by atoms with E-state index >= 15 is 0 Å². The lowest BCUT2D eigenvalue weighted by molar-refractivity contribution is 0.469. The number of phenols is 1. The van der Waals surface area contributed by atoms with E-state index in [-0.39, 0.29) is 0 Å². The molecule has 2 nitrogen and oxygen atoms in total. The molecule has 1 saturated heterocycles. The second kappa shape index (κ2) is 8.63. The molecule has 3 aromatic rings. The van der Waals surface area contributed by atoms with Crippen LogP contribution < -0.4 is 4.90 Å². The molecule has 2 atom stereocenters. The maximum Gasteiger partial charge on any atom is 0.115 e. The van der Waals surface area contributed by atoms with Gasteiger partial charge in [-0.1, -0.05) is 54.6 Å². The molecule has 0 unspecified atom stereocenters. The zero-order valence-electron chi connectivity index (χ0n) is 18.1. The van der Waals surface area contributed by atoms with Gasteiger partial charge in [-0.15, -0.1) is 6.58 Å². The highest BCUT2D eigenvalue weighted by molar-refractivity contribution is 5.52. The molecule has 1 fully saturated rings. The van der Waals surface area contributed by atoms with E-state index in [0.29, 0.717) is 23.5 Å². The van der Waals surface area contributed by atoms with Crippen molar-refractivity contribution < 1.29 is 5.11 Å². The van der Waals surface area contributed by atoms with Crippen molar-refractivity contribution in [3.63, 3.8) is 0 Å². The van der Waals surface area contributed by atoms with E-state index < -0.39 is 0 Å². The second-order valence-corrected chi connectivity index (χ2v) is 9.07. The molecule has 0 aromatic heterocycles. The summed E-state index contributed by atoms with van der Waals surface area (Å²) in [6.07, 6.45) is 6.61. The minimum absolute atomic E-state index is 0.312. The molecule has 158 valence electrons. The van der Waals surface area contributed by atoms with Gasteiger partial charge in [-0.2, -0.15) is 0 Å². The van der Waals surface area contributed by atoms with Crippen LogP contribution in [-0.4, -0.2) is 18.2 Å². The molecule has 0 bridgehead atoms. The third kappa shape index (κ3) is 3.99. The number of piperidine rings is 1. The Kier molecular flexibility index (Phi) is 5.55. The van der Waals surface area contributed by atoms with Gasteiger partial charge in [0.15, 0.2) is 0 Å². The molecule has 1 aliphatic heterocycles. The summed E-state index contributed by atoms with van der Waals surface area (Å²) in [4.78, 5) is 2.51. The summed E-state index contributed by atoms with van der Waals surface area (Å²) in [5, 5.41) is 10.0. The van der Waals surface area contributed by atoms with Gasteiger partial charge in [0.25, 0.3) is 0 Å². The molecule has 1 heterocycles. The zero-order valence-corrected chi connectivity index (χ0v) is 18.1. The molecule has 0 saturated carbocycles. The largest absolute Gasteiger partial charge is 0.508 e. The minimum Gasteiger partial charge on any atom is -0.508 e. The molecule has 31 heavy (non-hydrogen) atoms. The smallest absolute Gasteiger partial charge is 0.115 e. The summed E-state index contributed by atoms with van der Waals surface area (Å²) in [6.45, 7) is 6.18. The molecular weight excluding hydrogens is 378 g/mol. The van der Waals surface area contributed by atoms with Crippen LogP contribution in [0.4, 0.5) is 5.69 Å². The Labute approximate surface area is 185 Å². The van der Waals surface area contributed by atoms with Crippen molar-refractivity contribution in [2.75, 3.05) is 18.0 Å². The fraction of sp³-hybridized carbons (Fsp3) is 0.310. The molecule has 2 heteroatoms. The molecule has 1 N–H and O–H groups in total. The number of aromatic hydroxyl groups is 1. The predicted molar refractivity (Wildman–Crippen MR) is 129 cm³/mol. The molecular formula is C29H31NO. The number of aryl methyl sites for hydroxylation is 1. The molecule has 5 rings (SSSR count). The Bertz CT molecular complexity index is 1030. The normalized spacial score (nSPS) is 21.5. The molecule has 0 radical (unpaired) electrons. The van der Waals surface area contributed by atoms with Gasteiger partial charge in [-0.25, -0.2) is 0 Å². The highest BCUT2D eigenvalue weighted by Crippen LogP contribution is 2.47. The van der Waals surface area contributed by atoms with Gasteiger partial charge in [-0.05, 0) is 84.0 Å². The van der Waals surface area contributed by atoms with Gasteiger partial charge in [0.05, 0.1) is 0 Å². The Hall–Kier alpha value is -3.00. The van der Waals surface area contributed by atoms with E-state index in [0.717, 1.165) is 25.9 Å². The van der Waals surface area contributed by atoms with E-state index in [4.69, 9.17) is 0 Å². The third-order valence-corrected chi connectivity index (χ3v) is 7.31. The van der Waals surface area contributed by atoms with Crippen LogP contribution in [0.15, 0.2) is 85.5 Å². The third-order valence-electron chi connectivity index (χ3n) is 7.31. The van der Waals surface area contributed by atoms with Crippen LogP contribution in [0.25, 0.3) is 0 Å². The lowest BCUT2D eigenvalue weighted by Gasteiger charge is -2.35. The summed E-state index contributed by atoms with van der Waals surface area (Å²) in [7, 11) is 0.